The van der Waals surface area contributed by atoms with E-state index in [-0.39, 0.29) is 5.75 Å². The molecule has 0 aliphatic rings. The van der Waals surface area contributed by atoms with Gasteiger partial charge in [0.1, 0.15) is 6.33 Å². The first-order valence-corrected chi connectivity index (χ1v) is 9.91. The number of aromatic hydroxyl groups is 1. The van der Waals surface area contributed by atoms with E-state index in [2.05, 4.69) is 0 Å². The van der Waals surface area contributed by atoms with Crippen LogP contribution in [0.4, 0.5) is 0 Å². The SMILES string of the molecule is COc1ccc(-c2c(-c3cc(OC)c(OC)c(OC)c3)ncn2-c2ccccc2)cc1O. The van der Waals surface area contributed by atoms with Crippen molar-refractivity contribution in [3.05, 3.63) is 67.0 Å². The number of phenols is 1. The summed E-state index contributed by atoms with van der Waals surface area (Å²) in [7, 11) is 6.23. The zero-order chi connectivity index (χ0) is 22.7. The number of hydrogen-bond acceptors (Lipinski definition) is 6. The summed E-state index contributed by atoms with van der Waals surface area (Å²) in [5, 5.41) is 10.4. The first-order chi connectivity index (χ1) is 15.6. The molecule has 4 rings (SSSR count). The summed E-state index contributed by atoms with van der Waals surface area (Å²) in [6.07, 6.45) is 1.75. The molecule has 0 saturated carbocycles. The zero-order valence-electron chi connectivity index (χ0n) is 18.3. The molecule has 1 aromatic heterocycles. The third-order valence-corrected chi connectivity index (χ3v) is 5.19. The number of benzene rings is 3. The summed E-state index contributed by atoms with van der Waals surface area (Å²) in [6, 6.07) is 18.9. The van der Waals surface area contributed by atoms with Gasteiger partial charge in [0.15, 0.2) is 23.0 Å². The summed E-state index contributed by atoms with van der Waals surface area (Å²) >= 11 is 0. The molecule has 0 spiro atoms. The Kier molecular flexibility index (Phi) is 5.89. The summed E-state index contributed by atoms with van der Waals surface area (Å²) in [4.78, 5) is 4.72. The van der Waals surface area contributed by atoms with Gasteiger partial charge in [0.05, 0.1) is 39.8 Å². The van der Waals surface area contributed by atoms with Gasteiger partial charge in [-0.1, -0.05) is 18.2 Å². The van der Waals surface area contributed by atoms with Crippen molar-refractivity contribution in [2.45, 2.75) is 0 Å². The Labute approximate surface area is 186 Å². The van der Waals surface area contributed by atoms with Crippen molar-refractivity contribution in [1.82, 2.24) is 9.55 Å². The normalized spacial score (nSPS) is 10.6. The minimum Gasteiger partial charge on any atom is -0.504 e. The van der Waals surface area contributed by atoms with Crippen LogP contribution in [0.25, 0.3) is 28.2 Å². The molecule has 0 fully saturated rings. The molecular formula is C25H24N2O5. The van der Waals surface area contributed by atoms with Crippen molar-refractivity contribution in [2.75, 3.05) is 28.4 Å². The van der Waals surface area contributed by atoms with Crippen molar-refractivity contribution in [3.63, 3.8) is 0 Å². The average Bonchev–Trinajstić information content (AvgIpc) is 3.28. The number of aromatic nitrogens is 2. The number of rotatable bonds is 7. The highest BCUT2D eigenvalue weighted by Crippen LogP contribution is 2.44. The fraction of sp³-hybridized carbons (Fsp3) is 0.160. The zero-order valence-corrected chi connectivity index (χ0v) is 18.3. The molecule has 1 N–H and O–H groups in total. The fourth-order valence-corrected chi connectivity index (χ4v) is 3.67. The molecular weight excluding hydrogens is 408 g/mol. The van der Waals surface area contributed by atoms with Crippen molar-refractivity contribution < 1.29 is 24.1 Å². The minimum atomic E-state index is 0.0432. The van der Waals surface area contributed by atoms with Crippen LogP contribution >= 0.6 is 0 Å². The molecule has 3 aromatic carbocycles. The first kappa shape index (κ1) is 21.1. The van der Waals surface area contributed by atoms with Crippen LogP contribution in [0.3, 0.4) is 0 Å². The predicted octanol–water partition coefficient (Wildman–Crippen LogP) is 4.95. The number of para-hydroxylation sites is 1. The molecule has 7 nitrogen and oxygen atoms in total. The van der Waals surface area contributed by atoms with Crippen LogP contribution in [0, 0.1) is 0 Å². The highest BCUT2D eigenvalue weighted by atomic mass is 16.5. The molecule has 32 heavy (non-hydrogen) atoms. The van der Waals surface area contributed by atoms with E-state index in [1.165, 1.54) is 7.11 Å². The maximum atomic E-state index is 10.4. The quantitative estimate of drug-likeness (QED) is 0.446. The average molecular weight is 432 g/mol. The third-order valence-electron chi connectivity index (χ3n) is 5.19. The van der Waals surface area contributed by atoms with E-state index in [0.29, 0.717) is 28.7 Å². The Morgan fingerprint density at radius 1 is 0.719 bits per heavy atom. The van der Waals surface area contributed by atoms with Crippen LogP contribution in [-0.4, -0.2) is 43.1 Å². The Morgan fingerprint density at radius 3 is 1.94 bits per heavy atom. The Morgan fingerprint density at radius 2 is 1.38 bits per heavy atom. The number of nitrogens with zero attached hydrogens (tertiary/aromatic N) is 2. The van der Waals surface area contributed by atoms with E-state index in [4.69, 9.17) is 23.9 Å². The Hall–Kier alpha value is -4.13. The third kappa shape index (κ3) is 3.69. The second-order valence-electron chi connectivity index (χ2n) is 6.95. The maximum absolute atomic E-state index is 10.4. The summed E-state index contributed by atoms with van der Waals surface area (Å²) in [6.45, 7) is 0. The highest BCUT2D eigenvalue weighted by Gasteiger charge is 2.21. The van der Waals surface area contributed by atoms with E-state index in [0.717, 1.165) is 22.5 Å². The van der Waals surface area contributed by atoms with Crippen LogP contribution < -0.4 is 18.9 Å². The van der Waals surface area contributed by atoms with Gasteiger partial charge in [0, 0.05) is 16.8 Å². The smallest absolute Gasteiger partial charge is 0.203 e. The van der Waals surface area contributed by atoms with Gasteiger partial charge in [0.2, 0.25) is 5.75 Å². The van der Waals surface area contributed by atoms with E-state index < -0.39 is 0 Å². The summed E-state index contributed by atoms with van der Waals surface area (Å²) in [5.74, 6) is 2.00. The summed E-state index contributed by atoms with van der Waals surface area (Å²) < 4.78 is 23.7. The minimum absolute atomic E-state index is 0.0432. The standard InChI is InChI=1S/C25H24N2O5/c1-29-20-11-10-16(12-19(20)28)24-23(26-15-27(24)18-8-6-5-7-9-18)17-13-21(30-2)25(32-4)22(14-17)31-3/h5-15,28H,1-4H3. The van der Waals surface area contributed by atoms with E-state index in [1.54, 1.807) is 39.8 Å². The molecule has 0 aliphatic heterocycles. The molecule has 4 aromatic rings. The highest BCUT2D eigenvalue weighted by molar-refractivity contribution is 5.83. The van der Waals surface area contributed by atoms with Gasteiger partial charge in [-0.15, -0.1) is 0 Å². The monoisotopic (exact) mass is 432 g/mol. The lowest BCUT2D eigenvalue weighted by Gasteiger charge is -2.15. The predicted molar refractivity (Wildman–Crippen MR) is 122 cm³/mol. The number of hydrogen-bond donors (Lipinski definition) is 1. The molecule has 0 aliphatic carbocycles. The van der Waals surface area contributed by atoms with Gasteiger partial charge < -0.3 is 24.1 Å². The largest absolute Gasteiger partial charge is 0.504 e. The van der Waals surface area contributed by atoms with E-state index in [9.17, 15) is 5.11 Å². The number of methoxy groups -OCH3 is 4. The van der Waals surface area contributed by atoms with Crippen molar-refractivity contribution in [2.24, 2.45) is 0 Å². The van der Waals surface area contributed by atoms with Gasteiger partial charge in [0.25, 0.3) is 0 Å². The van der Waals surface area contributed by atoms with Crippen molar-refractivity contribution in [1.29, 1.82) is 0 Å². The molecule has 0 saturated heterocycles. The van der Waals surface area contributed by atoms with E-state index in [1.807, 2.05) is 53.1 Å². The van der Waals surface area contributed by atoms with Gasteiger partial charge in [-0.25, -0.2) is 4.98 Å². The lowest BCUT2D eigenvalue weighted by molar-refractivity contribution is 0.324. The van der Waals surface area contributed by atoms with Gasteiger partial charge in [-0.2, -0.15) is 0 Å². The maximum Gasteiger partial charge on any atom is 0.203 e. The fourth-order valence-electron chi connectivity index (χ4n) is 3.67. The van der Waals surface area contributed by atoms with Gasteiger partial charge >= 0.3 is 0 Å². The molecule has 1 heterocycles. The van der Waals surface area contributed by atoms with Crippen LogP contribution in [0.1, 0.15) is 0 Å². The van der Waals surface area contributed by atoms with Crippen molar-refractivity contribution >= 4 is 0 Å². The van der Waals surface area contributed by atoms with Crippen LogP contribution in [0.5, 0.6) is 28.7 Å². The molecule has 0 bridgehead atoms. The van der Waals surface area contributed by atoms with E-state index >= 15 is 0 Å². The second-order valence-corrected chi connectivity index (χ2v) is 6.95. The molecule has 7 heteroatoms. The van der Waals surface area contributed by atoms with Gasteiger partial charge in [-0.05, 0) is 42.5 Å². The molecule has 0 amide bonds. The van der Waals surface area contributed by atoms with Crippen LogP contribution in [0.2, 0.25) is 0 Å². The van der Waals surface area contributed by atoms with Gasteiger partial charge in [-0.3, -0.25) is 4.57 Å². The number of imidazole rings is 1. The lowest BCUT2D eigenvalue weighted by atomic mass is 10.0. The lowest BCUT2D eigenvalue weighted by Crippen LogP contribution is -1.98. The van der Waals surface area contributed by atoms with Crippen LogP contribution in [0.15, 0.2) is 67.0 Å². The Bertz CT molecular complexity index is 1210. The molecule has 0 atom stereocenters. The number of phenolic OH excluding ortho intramolecular Hbond substituents is 1. The van der Waals surface area contributed by atoms with Crippen molar-refractivity contribution in [3.8, 4) is 56.9 Å². The van der Waals surface area contributed by atoms with Crippen LogP contribution in [-0.2, 0) is 0 Å². The Balaban J connectivity index is 1.98. The second kappa shape index (κ2) is 8.93. The first-order valence-electron chi connectivity index (χ1n) is 9.91. The molecule has 0 unspecified atom stereocenters. The number of ether oxygens (including phenoxy) is 4. The summed E-state index contributed by atoms with van der Waals surface area (Å²) in [5.41, 5.74) is 3.97. The topological polar surface area (TPSA) is 75.0 Å². The molecule has 0 radical (unpaired) electrons. The molecule has 164 valence electrons.